The molecule has 1 heterocycles. The van der Waals surface area contributed by atoms with Gasteiger partial charge in [0.05, 0.1) is 0 Å². The Hall–Kier alpha value is -2.40. The molecule has 3 nitrogen and oxygen atoms in total. The molecule has 27 heavy (non-hydrogen) atoms. The van der Waals surface area contributed by atoms with Crippen LogP contribution >= 0.6 is 11.8 Å². The van der Waals surface area contributed by atoms with E-state index < -0.39 is 0 Å². The van der Waals surface area contributed by atoms with Crippen molar-refractivity contribution in [1.29, 1.82) is 0 Å². The summed E-state index contributed by atoms with van der Waals surface area (Å²) >= 11 is 1.47. The number of thioether (sulfide) groups is 1. The van der Waals surface area contributed by atoms with Crippen molar-refractivity contribution in [3.05, 3.63) is 77.2 Å². The molecule has 0 saturated carbocycles. The van der Waals surface area contributed by atoms with Crippen molar-refractivity contribution in [2.75, 3.05) is 0 Å². The number of nitrogens with zero attached hydrogens (tertiary/aromatic N) is 2. The van der Waals surface area contributed by atoms with E-state index in [1.54, 1.807) is 6.07 Å². The lowest BCUT2D eigenvalue weighted by Crippen LogP contribution is -1.97. The normalized spacial score (nSPS) is 11.0. The Balaban J connectivity index is 1.74. The monoisotopic (exact) mass is 382 g/mol. The van der Waals surface area contributed by atoms with Gasteiger partial charge in [0.2, 0.25) is 5.88 Å². The van der Waals surface area contributed by atoms with Crippen molar-refractivity contribution >= 4 is 11.8 Å². The predicted octanol–water partition coefficient (Wildman–Crippen LogP) is 6.39. The van der Waals surface area contributed by atoms with Gasteiger partial charge < -0.3 is 4.74 Å². The molecular formula is C22H23FN2OS. The number of aryl methyl sites for hydroxylation is 1. The fraction of sp³-hybridized carbons (Fsp3) is 0.273. The molecule has 0 aliphatic carbocycles. The summed E-state index contributed by atoms with van der Waals surface area (Å²) in [5, 5.41) is 0.632. The van der Waals surface area contributed by atoms with Crippen molar-refractivity contribution in [2.24, 2.45) is 0 Å². The smallest absolute Gasteiger partial charge is 0.223 e. The van der Waals surface area contributed by atoms with E-state index in [1.165, 1.54) is 29.5 Å². The molecular weight excluding hydrogens is 359 g/mol. The highest BCUT2D eigenvalue weighted by molar-refractivity contribution is 7.98. The fourth-order valence-corrected chi connectivity index (χ4v) is 3.37. The highest BCUT2D eigenvalue weighted by Crippen LogP contribution is 2.26. The first kappa shape index (κ1) is 19.4. The van der Waals surface area contributed by atoms with Gasteiger partial charge in [0.15, 0.2) is 5.16 Å². The molecule has 0 unspecified atom stereocenters. The van der Waals surface area contributed by atoms with Gasteiger partial charge in [0.1, 0.15) is 11.6 Å². The van der Waals surface area contributed by atoms with Crippen LogP contribution in [0.5, 0.6) is 11.6 Å². The van der Waals surface area contributed by atoms with Gasteiger partial charge in [-0.15, -0.1) is 0 Å². The summed E-state index contributed by atoms with van der Waals surface area (Å²) < 4.78 is 19.3. The molecule has 140 valence electrons. The summed E-state index contributed by atoms with van der Waals surface area (Å²) in [7, 11) is 0. The molecule has 0 aliphatic heterocycles. The van der Waals surface area contributed by atoms with E-state index in [0.29, 0.717) is 22.7 Å². The Labute approximate surface area is 164 Å². The SMILES string of the molecule is CCc1cc(Oc2ccc(C(C)C)cc2)nc(SCc2cccc(F)c2)n1. The van der Waals surface area contributed by atoms with Crippen LogP contribution in [0.4, 0.5) is 4.39 Å². The Kier molecular flexibility index (Phi) is 6.45. The minimum atomic E-state index is -0.231. The van der Waals surface area contributed by atoms with Gasteiger partial charge in [-0.25, -0.2) is 9.37 Å². The second-order valence-corrected chi connectivity index (χ2v) is 7.52. The maximum absolute atomic E-state index is 13.3. The average Bonchev–Trinajstić information content (AvgIpc) is 2.66. The molecule has 1 aromatic heterocycles. The van der Waals surface area contributed by atoms with E-state index in [-0.39, 0.29) is 5.82 Å². The van der Waals surface area contributed by atoms with Crippen LogP contribution in [-0.4, -0.2) is 9.97 Å². The van der Waals surface area contributed by atoms with Gasteiger partial charge in [0, 0.05) is 17.5 Å². The molecule has 0 saturated heterocycles. The van der Waals surface area contributed by atoms with E-state index >= 15 is 0 Å². The maximum atomic E-state index is 13.3. The van der Waals surface area contributed by atoms with Gasteiger partial charge in [0.25, 0.3) is 0 Å². The molecule has 5 heteroatoms. The third-order valence-electron chi connectivity index (χ3n) is 4.12. The zero-order valence-corrected chi connectivity index (χ0v) is 16.6. The summed E-state index contributed by atoms with van der Waals surface area (Å²) in [6, 6.07) is 16.5. The van der Waals surface area contributed by atoms with Crippen molar-refractivity contribution in [3.8, 4) is 11.6 Å². The van der Waals surface area contributed by atoms with Crippen molar-refractivity contribution in [2.45, 2.75) is 44.0 Å². The first-order chi connectivity index (χ1) is 13.0. The average molecular weight is 383 g/mol. The highest BCUT2D eigenvalue weighted by Gasteiger charge is 2.08. The fourth-order valence-electron chi connectivity index (χ4n) is 2.56. The number of hydrogen-bond donors (Lipinski definition) is 0. The first-order valence-electron chi connectivity index (χ1n) is 9.06. The van der Waals surface area contributed by atoms with E-state index in [9.17, 15) is 4.39 Å². The molecule has 0 bridgehead atoms. The third kappa shape index (κ3) is 5.54. The molecule has 0 radical (unpaired) electrons. The van der Waals surface area contributed by atoms with E-state index in [4.69, 9.17) is 4.74 Å². The minimum absolute atomic E-state index is 0.231. The van der Waals surface area contributed by atoms with Crippen LogP contribution in [0.15, 0.2) is 59.8 Å². The molecule has 0 N–H and O–H groups in total. The lowest BCUT2D eigenvalue weighted by atomic mass is 10.0. The van der Waals surface area contributed by atoms with Crippen LogP contribution in [0.1, 0.15) is 43.5 Å². The number of benzene rings is 2. The van der Waals surface area contributed by atoms with E-state index in [2.05, 4.69) is 35.9 Å². The number of halogens is 1. The minimum Gasteiger partial charge on any atom is -0.439 e. The standard InChI is InChI=1S/C22H23FN2OS/c1-4-19-13-21(26-20-10-8-17(9-11-20)15(2)3)25-22(24-19)27-14-16-6-5-7-18(23)12-16/h5-13,15H,4,14H2,1-3H3. The van der Waals surface area contributed by atoms with Crippen LogP contribution in [0, 0.1) is 5.82 Å². The Morgan fingerprint density at radius 1 is 1.04 bits per heavy atom. The van der Waals surface area contributed by atoms with Crippen LogP contribution < -0.4 is 4.74 Å². The topological polar surface area (TPSA) is 35.0 Å². The number of ether oxygens (including phenoxy) is 1. The lowest BCUT2D eigenvalue weighted by Gasteiger charge is -2.10. The van der Waals surface area contributed by atoms with Gasteiger partial charge in [-0.2, -0.15) is 4.98 Å². The number of aromatic nitrogens is 2. The Morgan fingerprint density at radius 3 is 2.48 bits per heavy atom. The van der Waals surface area contributed by atoms with Crippen LogP contribution in [0.3, 0.4) is 0 Å². The Bertz CT molecular complexity index is 897. The molecule has 0 aliphatic rings. The molecule has 2 aromatic carbocycles. The zero-order chi connectivity index (χ0) is 19.2. The van der Waals surface area contributed by atoms with E-state index in [0.717, 1.165) is 23.4 Å². The lowest BCUT2D eigenvalue weighted by molar-refractivity contribution is 0.453. The summed E-state index contributed by atoms with van der Waals surface area (Å²) in [4.78, 5) is 9.05. The van der Waals surface area contributed by atoms with Gasteiger partial charge in [-0.05, 0) is 47.7 Å². The summed E-state index contributed by atoms with van der Waals surface area (Å²) in [5.74, 6) is 2.14. The third-order valence-corrected chi connectivity index (χ3v) is 5.04. The molecule has 0 spiro atoms. The predicted molar refractivity (Wildman–Crippen MR) is 108 cm³/mol. The second kappa shape index (κ2) is 9.00. The van der Waals surface area contributed by atoms with Crippen LogP contribution in [-0.2, 0) is 12.2 Å². The summed E-state index contributed by atoms with van der Waals surface area (Å²) in [5.41, 5.74) is 3.09. The van der Waals surface area contributed by atoms with Gasteiger partial charge in [-0.1, -0.05) is 56.8 Å². The van der Waals surface area contributed by atoms with Gasteiger partial charge in [-0.3, -0.25) is 0 Å². The highest BCUT2D eigenvalue weighted by atomic mass is 32.2. The molecule has 3 rings (SSSR count). The van der Waals surface area contributed by atoms with Crippen molar-refractivity contribution < 1.29 is 9.13 Å². The number of rotatable bonds is 7. The van der Waals surface area contributed by atoms with Crippen LogP contribution in [0.25, 0.3) is 0 Å². The first-order valence-corrected chi connectivity index (χ1v) is 10.0. The molecule has 3 aromatic rings. The largest absolute Gasteiger partial charge is 0.439 e. The van der Waals surface area contributed by atoms with E-state index in [1.807, 2.05) is 31.2 Å². The van der Waals surface area contributed by atoms with Crippen LogP contribution in [0.2, 0.25) is 0 Å². The summed E-state index contributed by atoms with van der Waals surface area (Å²) in [6.07, 6.45) is 0.790. The maximum Gasteiger partial charge on any atom is 0.223 e. The molecule has 0 fully saturated rings. The second-order valence-electron chi connectivity index (χ2n) is 6.58. The summed E-state index contributed by atoms with van der Waals surface area (Å²) in [6.45, 7) is 6.37. The molecule has 0 amide bonds. The van der Waals surface area contributed by atoms with Gasteiger partial charge >= 0.3 is 0 Å². The zero-order valence-electron chi connectivity index (χ0n) is 15.8. The van der Waals surface area contributed by atoms with Crippen molar-refractivity contribution in [1.82, 2.24) is 9.97 Å². The Morgan fingerprint density at radius 2 is 1.81 bits per heavy atom. The molecule has 0 atom stereocenters. The van der Waals surface area contributed by atoms with Crippen molar-refractivity contribution in [3.63, 3.8) is 0 Å². The quantitative estimate of drug-likeness (QED) is 0.350. The number of hydrogen-bond acceptors (Lipinski definition) is 4.